The minimum atomic E-state index is 0.736. The first-order valence-corrected chi connectivity index (χ1v) is 10.0. The first kappa shape index (κ1) is 17.1. The van der Waals surface area contributed by atoms with Crippen molar-refractivity contribution in [3.63, 3.8) is 0 Å². The minimum Gasteiger partial charge on any atom is -0.259 e. The van der Waals surface area contributed by atoms with Gasteiger partial charge in [0, 0.05) is 21.0 Å². The third kappa shape index (κ3) is 3.92. The zero-order valence-corrected chi connectivity index (χ0v) is 16.5. The van der Waals surface area contributed by atoms with Gasteiger partial charge in [-0.15, -0.1) is 0 Å². The molecule has 26 heavy (non-hydrogen) atoms. The molecule has 0 saturated carbocycles. The standard InChI is InChI=1S/C22H17BrN2S/c23-20-13-11-18(12-14-20)21-16-26-22(19-9-5-2-6-10-19)24-25(21)15-17-7-3-1-4-8-17/h1-14,16H,15H2. The number of hydrogen-bond donors (Lipinski definition) is 0. The quantitative estimate of drug-likeness (QED) is 0.487. The van der Waals surface area contributed by atoms with Crippen LogP contribution in [0.25, 0.3) is 5.70 Å². The molecule has 0 unspecified atom stereocenters. The van der Waals surface area contributed by atoms with E-state index in [1.165, 1.54) is 5.56 Å². The van der Waals surface area contributed by atoms with Crippen LogP contribution in [-0.2, 0) is 6.54 Å². The van der Waals surface area contributed by atoms with Crippen LogP contribution in [-0.4, -0.2) is 10.1 Å². The second-order valence-corrected chi connectivity index (χ2v) is 7.72. The fourth-order valence-corrected chi connectivity index (χ4v) is 3.94. The zero-order valence-electron chi connectivity index (χ0n) is 14.0. The molecule has 1 aliphatic heterocycles. The van der Waals surface area contributed by atoms with Gasteiger partial charge in [-0.3, -0.25) is 5.01 Å². The van der Waals surface area contributed by atoms with E-state index in [2.05, 4.69) is 87.0 Å². The predicted molar refractivity (Wildman–Crippen MR) is 115 cm³/mol. The molecule has 0 amide bonds. The van der Waals surface area contributed by atoms with Crippen molar-refractivity contribution in [2.75, 3.05) is 0 Å². The SMILES string of the molecule is Brc1ccc(C2=CSC(c3ccccc3)=NN2Cc2ccccc2)cc1. The highest BCUT2D eigenvalue weighted by atomic mass is 79.9. The molecule has 0 radical (unpaired) electrons. The molecule has 1 heterocycles. The molecule has 0 bridgehead atoms. The largest absolute Gasteiger partial charge is 0.259 e. The molecule has 3 aromatic rings. The van der Waals surface area contributed by atoms with E-state index in [0.29, 0.717) is 0 Å². The molecule has 0 atom stereocenters. The third-order valence-corrected chi connectivity index (χ3v) is 5.52. The predicted octanol–water partition coefficient (Wildman–Crippen LogP) is 6.36. The van der Waals surface area contributed by atoms with Gasteiger partial charge in [0.15, 0.2) is 0 Å². The molecule has 0 aliphatic carbocycles. The van der Waals surface area contributed by atoms with Crippen molar-refractivity contribution in [2.24, 2.45) is 5.10 Å². The Balaban J connectivity index is 1.69. The molecule has 128 valence electrons. The van der Waals surface area contributed by atoms with Crippen LogP contribution in [0.15, 0.2) is 99.9 Å². The van der Waals surface area contributed by atoms with Crippen molar-refractivity contribution in [3.05, 3.63) is 112 Å². The summed E-state index contributed by atoms with van der Waals surface area (Å²) in [5.41, 5.74) is 4.65. The molecule has 0 N–H and O–H groups in total. The van der Waals surface area contributed by atoms with Gasteiger partial charge >= 0.3 is 0 Å². The highest BCUT2D eigenvalue weighted by molar-refractivity contribution is 9.10. The van der Waals surface area contributed by atoms with Crippen LogP contribution in [0.4, 0.5) is 0 Å². The van der Waals surface area contributed by atoms with Crippen LogP contribution >= 0.6 is 27.7 Å². The van der Waals surface area contributed by atoms with Gasteiger partial charge in [0.2, 0.25) is 0 Å². The number of halogens is 1. The second kappa shape index (κ2) is 7.94. The van der Waals surface area contributed by atoms with E-state index in [0.717, 1.165) is 32.9 Å². The van der Waals surface area contributed by atoms with Crippen molar-refractivity contribution >= 4 is 38.4 Å². The summed E-state index contributed by atoms with van der Waals surface area (Å²) in [6.07, 6.45) is 0. The normalized spacial score (nSPS) is 14.0. The van der Waals surface area contributed by atoms with Crippen molar-refractivity contribution in [1.82, 2.24) is 5.01 Å². The Morgan fingerprint density at radius 1 is 0.769 bits per heavy atom. The van der Waals surface area contributed by atoms with Crippen molar-refractivity contribution in [1.29, 1.82) is 0 Å². The van der Waals surface area contributed by atoms with E-state index >= 15 is 0 Å². The van der Waals surface area contributed by atoms with Crippen molar-refractivity contribution in [2.45, 2.75) is 6.54 Å². The summed E-state index contributed by atoms with van der Waals surface area (Å²) in [6.45, 7) is 0.736. The van der Waals surface area contributed by atoms with Gasteiger partial charge in [-0.2, -0.15) is 5.10 Å². The summed E-state index contributed by atoms with van der Waals surface area (Å²) >= 11 is 5.18. The van der Waals surface area contributed by atoms with Gasteiger partial charge in [-0.25, -0.2) is 0 Å². The highest BCUT2D eigenvalue weighted by Gasteiger charge is 2.19. The molecule has 4 rings (SSSR count). The zero-order chi connectivity index (χ0) is 17.8. The summed E-state index contributed by atoms with van der Waals surface area (Å²) in [5.74, 6) is 0. The Bertz CT molecular complexity index is 935. The van der Waals surface area contributed by atoms with Crippen molar-refractivity contribution in [3.8, 4) is 0 Å². The lowest BCUT2D eigenvalue weighted by Crippen LogP contribution is -2.20. The molecule has 0 fully saturated rings. The van der Waals surface area contributed by atoms with E-state index in [9.17, 15) is 0 Å². The van der Waals surface area contributed by atoms with Gasteiger partial charge in [0.05, 0.1) is 12.2 Å². The summed E-state index contributed by atoms with van der Waals surface area (Å²) < 4.78 is 1.08. The fourth-order valence-electron chi connectivity index (χ4n) is 2.78. The average molecular weight is 421 g/mol. The van der Waals surface area contributed by atoms with Crippen LogP contribution in [0.2, 0.25) is 0 Å². The lowest BCUT2D eigenvalue weighted by atomic mass is 10.1. The van der Waals surface area contributed by atoms with E-state index in [4.69, 9.17) is 5.10 Å². The average Bonchev–Trinajstić information content (AvgIpc) is 2.70. The Morgan fingerprint density at radius 2 is 1.42 bits per heavy atom. The van der Waals surface area contributed by atoms with E-state index in [-0.39, 0.29) is 0 Å². The number of benzene rings is 3. The number of hydrazone groups is 1. The van der Waals surface area contributed by atoms with Gasteiger partial charge in [0.25, 0.3) is 0 Å². The van der Waals surface area contributed by atoms with Gasteiger partial charge < -0.3 is 0 Å². The molecule has 4 heteroatoms. The van der Waals surface area contributed by atoms with E-state index in [1.807, 2.05) is 24.3 Å². The molecule has 0 spiro atoms. The molecule has 0 aromatic heterocycles. The van der Waals surface area contributed by atoms with Crippen LogP contribution < -0.4 is 0 Å². The van der Waals surface area contributed by atoms with E-state index in [1.54, 1.807) is 11.8 Å². The van der Waals surface area contributed by atoms with Gasteiger partial charge in [-0.05, 0) is 17.7 Å². The van der Waals surface area contributed by atoms with Crippen molar-refractivity contribution < 1.29 is 0 Å². The minimum absolute atomic E-state index is 0.736. The topological polar surface area (TPSA) is 15.6 Å². The smallest absolute Gasteiger partial charge is 0.128 e. The Labute approximate surface area is 166 Å². The monoisotopic (exact) mass is 420 g/mol. The van der Waals surface area contributed by atoms with Crippen LogP contribution in [0, 0.1) is 0 Å². The maximum atomic E-state index is 4.96. The maximum Gasteiger partial charge on any atom is 0.128 e. The molecular weight excluding hydrogens is 404 g/mol. The summed E-state index contributed by atoms with van der Waals surface area (Å²) in [7, 11) is 0. The fraction of sp³-hybridized carbons (Fsp3) is 0.0455. The molecule has 2 nitrogen and oxygen atoms in total. The third-order valence-electron chi connectivity index (χ3n) is 4.11. The highest BCUT2D eigenvalue weighted by Crippen LogP contribution is 2.32. The van der Waals surface area contributed by atoms with Gasteiger partial charge in [0.1, 0.15) is 5.04 Å². The number of thioether (sulfide) groups is 1. The number of rotatable bonds is 4. The summed E-state index contributed by atoms with van der Waals surface area (Å²) in [6, 6.07) is 29.2. The summed E-state index contributed by atoms with van der Waals surface area (Å²) in [5, 5.41) is 10.3. The van der Waals surface area contributed by atoms with E-state index < -0.39 is 0 Å². The van der Waals surface area contributed by atoms with Gasteiger partial charge in [-0.1, -0.05) is 100 Å². The second-order valence-electron chi connectivity index (χ2n) is 5.94. The Kier molecular flexibility index (Phi) is 5.23. The van der Waals surface area contributed by atoms with Crippen LogP contribution in [0.1, 0.15) is 16.7 Å². The molecule has 1 aliphatic rings. The van der Waals surface area contributed by atoms with Crippen LogP contribution in [0.5, 0.6) is 0 Å². The molecule has 3 aromatic carbocycles. The van der Waals surface area contributed by atoms with Crippen LogP contribution in [0.3, 0.4) is 0 Å². The molecular formula is C22H17BrN2S. The Hall–Kier alpha value is -2.30. The first-order valence-electron chi connectivity index (χ1n) is 8.38. The Morgan fingerprint density at radius 3 is 2.12 bits per heavy atom. The molecule has 0 saturated heterocycles. The number of nitrogens with zero attached hydrogens (tertiary/aromatic N) is 2. The maximum absolute atomic E-state index is 4.96. The summed E-state index contributed by atoms with van der Waals surface area (Å²) in [4.78, 5) is 0. The lowest BCUT2D eigenvalue weighted by Gasteiger charge is -2.27. The number of hydrogen-bond acceptors (Lipinski definition) is 3. The lowest BCUT2D eigenvalue weighted by molar-refractivity contribution is 0.416. The first-order chi connectivity index (χ1) is 12.8.